The van der Waals surface area contributed by atoms with Crippen molar-refractivity contribution in [2.45, 2.75) is 0 Å². The van der Waals surface area contributed by atoms with Crippen LogP contribution in [0.15, 0.2) is 73.3 Å². The molecule has 0 aliphatic heterocycles. The molecule has 0 atom stereocenters. The van der Waals surface area contributed by atoms with Crippen LogP contribution in [0, 0.1) is 0 Å². The third-order valence-corrected chi connectivity index (χ3v) is 6.36. The Balaban J connectivity index is 1.45. The zero-order chi connectivity index (χ0) is 22.7. The van der Waals surface area contributed by atoms with Crippen LogP contribution >= 0.6 is 34.5 Å². The lowest BCUT2D eigenvalue weighted by Gasteiger charge is -2.00. The molecule has 2 aromatic carbocycles. The van der Waals surface area contributed by atoms with Gasteiger partial charge in [-0.05, 0) is 46.4 Å². The van der Waals surface area contributed by atoms with Crippen molar-refractivity contribution in [2.75, 3.05) is 0 Å². The highest BCUT2D eigenvalue weighted by Gasteiger charge is 2.29. The van der Waals surface area contributed by atoms with Crippen molar-refractivity contribution in [1.82, 2.24) is 19.9 Å². The molecule has 0 spiro atoms. The summed E-state index contributed by atoms with van der Waals surface area (Å²) in [7, 11) is 0. The molecule has 0 aliphatic rings. The Kier molecular flexibility index (Phi) is 4.47. The molecule has 0 saturated heterocycles. The molecule has 9 nitrogen and oxygen atoms in total. The van der Waals surface area contributed by atoms with Gasteiger partial charge in [0.15, 0.2) is 0 Å². The molecule has 4 heterocycles. The van der Waals surface area contributed by atoms with Crippen LogP contribution < -0.4 is 15.9 Å². The minimum atomic E-state index is -0.589. The van der Waals surface area contributed by atoms with E-state index in [0.29, 0.717) is 42.4 Å². The highest BCUT2D eigenvalue weighted by molar-refractivity contribution is 7.19. The molecule has 0 saturated carbocycles. The maximum atomic E-state index is 12.5. The zero-order valence-corrected chi connectivity index (χ0v) is 18.6. The quantitative estimate of drug-likeness (QED) is 0.290. The monoisotopic (exact) mass is 498 g/mol. The molecule has 6 rings (SSSR count). The highest BCUT2D eigenvalue weighted by atomic mass is 35.5. The Labute approximate surface area is 197 Å². The van der Waals surface area contributed by atoms with Crippen molar-refractivity contribution in [3.05, 3.63) is 85.6 Å². The van der Waals surface area contributed by atoms with Gasteiger partial charge in [0.1, 0.15) is 5.58 Å². The van der Waals surface area contributed by atoms with E-state index in [9.17, 15) is 9.59 Å². The van der Waals surface area contributed by atoms with E-state index in [1.165, 1.54) is 20.5 Å². The number of benzene rings is 2. The number of H-pyrrole nitrogens is 1. The van der Waals surface area contributed by atoms with Crippen LogP contribution in [-0.4, -0.2) is 19.9 Å². The van der Waals surface area contributed by atoms with Crippen LogP contribution in [-0.2, 0) is 0 Å². The first-order chi connectivity index (χ1) is 16.0. The number of fused-ring (bicyclic) bond motifs is 2. The second kappa shape index (κ2) is 7.41. The van der Waals surface area contributed by atoms with Gasteiger partial charge in [0, 0.05) is 27.6 Å². The standard InChI is InChI=1S/C21H9Cl2N5O4S/c22-11-1-4-13(5-2-11)28-17(20(30)32-26-28)18-25-27-9-15(24-21(27)33-18)14-8-10-7-12(23)3-6-16(10)31-19(14)29/h1-9H/p+1. The number of hydrogen-bond acceptors (Lipinski definition) is 7. The predicted molar refractivity (Wildman–Crippen MR) is 122 cm³/mol. The van der Waals surface area contributed by atoms with Crippen molar-refractivity contribution in [2.24, 2.45) is 0 Å². The van der Waals surface area contributed by atoms with E-state index in [1.807, 2.05) is 0 Å². The molecule has 1 N–H and O–H groups in total. The number of hydrogen-bond donors (Lipinski definition) is 1. The van der Waals surface area contributed by atoms with E-state index in [1.54, 1.807) is 54.7 Å². The molecule has 162 valence electrons. The summed E-state index contributed by atoms with van der Waals surface area (Å²) >= 11 is 13.2. The summed E-state index contributed by atoms with van der Waals surface area (Å²) in [5.74, 6) is 0. The molecule has 12 heteroatoms. The molecular weight excluding hydrogens is 489 g/mol. The van der Waals surface area contributed by atoms with Crippen LogP contribution in [0.5, 0.6) is 0 Å². The Morgan fingerprint density at radius 3 is 2.58 bits per heavy atom. The van der Waals surface area contributed by atoms with Crippen molar-refractivity contribution < 1.29 is 13.6 Å². The molecular formula is C21H10Cl2N5O4S+. The molecule has 4 aromatic heterocycles. The first kappa shape index (κ1) is 19.9. The Bertz CT molecular complexity index is 1760. The lowest BCUT2D eigenvalue weighted by molar-refractivity contribution is -0.660. The number of aromatic nitrogens is 5. The van der Waals surface area contributed by atoms with Crippen molar-refractivity contribution in [1.29, 1.82) is 0 Å². The summed E-state index contributed by atoms with van der Waals surface area (Å²) < 4.78 is 13.4. The van der Waals surface area contributed by atoms with Crippen LogP contribution in [0.2, 0.25) is 10.0 Å². The fourth-order valence-corrected chi connectivity index (χ4v) is 4.64. The van der Waals surface area contributed by atoms with Crippen LogP contribution in [0.4, 0.5) is 0 Å². The number of aromatic amines is 1. The second-order valence-corrected chi connectivity index (χ2v) is 8.86. The Morgan fingerprint density at radius 1 is 1.00 bits per heavy atom. The first-order valence-corrected chi connectivity index (χ1v) is 11.0. The topological polar surface area (TPSA) is 110 Å². The van der Waals surface area contributed by atoms with Gasteiger partial charge in [-0.3, -0.25) is 4.52 Å². The van der Waals surface area contributed by atoms with Crippen LogP contribution in [0.25, 0.3) is 43.6 Å². The highest BCUT2D eigenvalue weighted by Crippen LogP contribution is 2.27. The van der Waals surface area contributed by atoms with Crippen molar-refractivity contribution >= 4 is 50.5 Å². The second-order valence-electron chi connectivity index (χ2n) is 7.03. The third-order valence-electron chi connectivity index (χ3n) is 4.95. The van der Waals surface area contributed by atoms with E-state index < -0.39 is 11.3 Å². The Hall–Kier alpha value is -3.73. The van der Waals surface area contributed by atoms with Crippen LogP contribution in [0.3, 0.4) is 0 Å². The summed E-state index contributed by atoms with van der Waals surface area (Å²) in [5, 5.41) is 9.18. The fraction of sp³-hybridized carbons (Fsp3) is 0. The number of rotatable bonds is 3. The maximum Gasteiger partial charge on any atom is 0.438 e. The molecule has 0 unspecified atom stereocenters. The summed E-state index contributed by atoms with van der Waals surface area (Å²) in [6, 6.07) is 13.5. The smallest absolute Gasteiger partial charge is 0.422 e. The summed E-state index contributed by atoms with van der Waals surface area (Å²) in [5.41, 5.74) is 0.830. The molecule has 0 radical (unpaired) electrons. The molecule has 0 amide bonds. The van der Waals surface area contributed by atoms with Gasteiger partial charge in [-0.15, -0.1) is 5.10 Å². The van der Waals surface area contributed by atoms with Crippen molar-refractivity contribution in [3.63, 3.8) is 0 Å². The van der Waals surface area contributed by atoms with Gasteiger partial charge < -0.3 is 4.42 Å². The lowest BCUT2D eigenvalue weighted by Crippen LogP contribution is -2.36. The number of imidazole rings is 1. The van der Waals surface area contributed by atoms with Gasteiger partial charge >= 0.3 is 16.9 Å². The van der Waals surface area contributed by atoms with Gasteiger partial charge in [0.25, 0.3) is 0 Å². The van der Waals surface area contributed by atoms with E-state index >= 15 is 0 Å². The van der Waals surface area contributed by atoms with E-state index in [2.05, 4.69) is 15.4 Å². The van der Waals surface area contributed by atoms with Crippen molar-refractivity contribution in [3.8, 4) is 27.6 Å². The SMILES string of the molecule is O=c1oc2ccc(Cl)cc2cc1-c1cn2nc(-c3c(=O)o[nH][n+]3-c3ccc(Cl)cc3)sc2n1. The first-order valence-electron chi connectivity index (χ1n) is 9.46. The van der Waals surface area contributed by atoms with E-state index in [-0.39, 0.29) is 11.3 Å². The largest absolute Gasteiger partial charge is 0.438 e. The van der Waals surface area contributed by atoms with Gasteiger partial charge in [-0.1, -0.05) is 34.5 Å². The molecule has 0 aliphatic carbocycles. The van der Waals surface area contributed by atoms with Crippen LogP contribution in [0.1, 0.15) is 0 Å². The van der Waals surface area contributed by atoms with E-state index in [0.717, 1.165) is 0 Å². The number of nitrogens with zero attached hydrogens (tertiary/aromatic N) is 4. The molecule has 0 bridgehead atoms. The summed E-state index contributed by atoms with van der Waals surface area (Å²) in [4.78, 5) is 29.9. The zero-order valence-electron chi connectivity index (χ0n) is 16.3. The van der Waals surface area contributed by atoms with Gasteiger partial charge in [-0.25, -0.2) is 19.1 Å². The summed E-state index contributed by atoms with van der Waals surface area (Å²) in [6.45, 7) is 0. The number of nitrogens with one attached hydrogen (secondary N) is 1. The fourth-order valence-electron chi connectivity index (χ4n) is 3.43. The third kappa shape index (κ3) is 3.35. The normalized spacial score (nSPS) is 11.6. The average Bonchev–Trinajstić information content (AvgIpc) is 3.47. The maximum absolute atomic E-state index is 12.5. The Morgan fingerprint density at radius 2 is 1.79 bits per heavy atom. The van der Waals surface area contributed by atoms with Gasteiger partial charge in [0.05, 0.1) is 17.5 Å². The lowest BCUT2D eigenvalue weighted by atomic mass is 10.1. The summed E-state index contributed by atoms with van der Waals surface area (Å²) in [6.07, 6.45) is 1.60. The molecule has 0 fully saturated rings. The minimum Gasteiger partial charge on any atom is -0.422 e. The molecule has 33 heavy (non-hydrogen) atoms. The minimum absolute atomic E-state index is 0.203. The molecule has 6 aromatic rings. The van der Waals surface area contributed by atoms with Gasteiger partial charge in [0.2, 0.25) is 15.7 Å². The average molecular weight is 499 g/mol. The predicted octanol–water partition coefficient (Wildman–Crippen LogP) is 4.10. The number of halogens is 2. The van der Waals surface area contributed by atoms with Gasteiger partial charge in [-0.2, -0.15) is 0 Å². The van der Waals surface area contributed by atoms with E-state index in [4.69, 9.17) is 32.1 Å².